The molecule has 3 aromatic rings. The van der Waals surface area contributed by atoms with Crippen molar-refractivity contribution in [3.05, 3.63) is 64.7 Å². The molecule has 10 nitrogen and oxygen atoms in total. The van der Waals surface area contributed by atoms with Crippen LogP contribution in [-0.4, -0.2) is 37.7 Å². The SMILES string of the molecule is NCC(=O)Oc1ncc(CNC(=O)c2ccc3c(c2)NC(=O)c2ccccc2S3(=O)=O)s1. The largest absolute Gasteiger partial charge is 0.397 e. The first kappa shape index (κ1) is 21.6. The number of esters is 1. The van der Waals surface area contributed by atoms with Crippen molar-refractivity contribution in [2.24, 2.45) is 5.73 Å². The van der Waals surface area contributed by atoms with Crippen molar-refractivity contribution in [1.82, 2.24) is 10.3 Å². The molecule has 4 N–H and O–H groups in total. The zero-order valence-electron chi connectivity index (χ0n) is 16.3. The van der Waals surface area contributed by atoms with Gasteiger partial charge in [-0.15, -0.1) is 0 Å². The van der Waals surface area contributed by atoms with Crippen LogP contribution in [0.4, 0.5) is 5.69 Å². The molecule has 0 fully saturated rings. The van der Waals surface area contributed by atoms with Gasteiger partial charge < -0.3 is 21.1 Å². The third-order valence-electron chi connectivity index (χ3n) is 4.52. The van der Waals surface area contributed by atoms with Gasteiger partial charge in [0.2, 0.25) is 9.84 Å². The molecule has 1 aromatic heterocycles. The normalized spacial score (nSPS) is 13.8. The average Bonchev–Trinajstić information content (AvgIpc) is 3.21. The van der Waals surface area contributed by atoms with E-state index in [4.69, 9.17) is 10.5 Å². The van der Waals surface area contributed by atoms with Crippen LogP contribution in [0.15, 0.2) is 58.5 Å². The van der Waals surface area contributed by atoms with Gasteiger partial charge in [-0.25, -0.2) is 13.4 Å². The Morgan fingerprint density at radius 3 is 2.72 bits per heavy atom. The number of nitrogens with two attached hydrogens (primary N) is 1. The maximum absolute atomic E-state index is 13.0. The molecule has 0 saturated heterocycles. The number of nitrogens with zero attached hydrogens (tertiary/aromatic N) is 1. The number of anilines is 1. The summed E-state index contributed by atoms with van der Waals surface area (Å²) in [5, 5.41) is 5.35. The fraction of sp³-hybridized carbons (Fsp3) is 0.100. The number of hydrogen-bond donors (Lipinski definition) is 3. The predicted molar refractivity (Wildman–Crippen MR) is 114 cm³/mol. The van der Waals surface area contributed by atoms with Gasteiger partial charge in [0.05, 0.1) is 34.1 Å². The minimum absolute atomic E-state index is 0.0209. The van der Waals surface area contributed by atoms with Crippen molar-refractivity contribution < 1.29 is 27.5 Å². The number of fused-ring (bicyclic) bond motifs is 2. The van der Waals surface area contributed by atoms with Crippen molar-refractivity contribution in [3.63, 3.8) is 0 Å². The lowest BCUT2D eigenvalue weighted by molar-refractivity contribution is -0.132. The average molecular weight is 473 g/mol. The molecule has 32 heavy (non-hydrogen) atoms. The Balaban J connectivity index is 1.53. The van der Waals surface area contributed by atoms with Gasteiger partial charge in [0.25, 0.3) is 17.0 Å². The van der Waals surface area contributed by atoms with Crippen molar-refractivity contribution in [1.29, 1.82) is 0 Å². The minimum atomic E-state index is -3.95. The number of hydrogen-bond acceptors (Lipinski definition) is 9. The third kappa shape index (κ3) is 4.10. The summed E-state index contributed by atoms with van der Waals surface area (Å²) in [5.74, 6) is -1.70. The van der Waals surface area contributed by atoms with Gasteiger partial charge in [-0.2, -0.15) is 0 Å². The van der Waals surface area contributed by atoms with E-state index >= 15 is 0 Å². The number of carbonyl (C=O) groups excluding carboxylic acids is 3. The molecular formula is C20H16N4O6S2. The van der Waals surface area contributed by atoms with E-state index in [1.807, 2.05) is 0 Å². The number of carbonyl (C=O) groups is 3. The molecule has 0 bridgehead atoms. The van der Waals surface area contributed by atoms with Gasteiger partial charge in [-0.3, -0.25) is 14.4 Å². The number of aromatic nitrogens is 1. The number of benzene rings is 2. The molecule has 0 unspecified atom stereocenters. The van der Waals surface area contributed by atoms with Crippen molar-refractivity contribution >= 4 is 44.6 Å². The Bertz CT molecular complexity index is 1350. The van der Waals surface area contributed by atoms with Gasteiger partial charge in [0.15, 0.2) is 0 Å². The van der Waals surface area contributed by atoms with Crippen LogP contribution in [0.1, 0.15) is 25.6 Å². The first-order valence-corrected chi connectivity index (χ1v) is 11.5. The van der Waals surface area contributed by atoms with E-state index in [0.29, 0.717) is 4.88 Å². The summed E-state index contributed by atoms with van der Waals surface area (Å²) in [5.41, 5.74) is 5.39. The van der Waals surface area contributed by atoms with Crippen LogP contribution in [0.2, 0.25) is 0 Å². The van der Waals surface area contributed by atoms with Crippen LogP contribution >= 0.6 is 11.3 Å². The lowest BCUT2D eigenvalue weighted by Crippen LogP contribution is -2.22. The Morgan fingerprint density at radius 1 is 1.16 bits per heavy atom. The smallest absolute Gasteiger partial charge is 0.327 e. The van der Waals surface area contributed by atoms with Crippen LogP contribution in [-0.2, 0) is 21.2 Å². The van der Waals surface area contributed by atoms with Crippen LogP contribution in [0, 0.1) is 0 Å². The highest BCUT2D eigenvalue weighted by Crippen LogP contribution is 2.34. The lowest BCUT2D eigenvalue weighted by Gasteiger charge is -2.10. The molecule has 1 aliphatic heterocycles. The van der Waals surface area contributed by atoms with E-state index in [1.165, 1.54) is 42.6 Å². The summed E-state index contributed by atoms with van der Waals surface area (Å²) in [6.45, 7) is -0.175. The summed E-state index contributed by atoms with van der Waals surface area (Å²) in [6.07, 6.45) is 1.45. The number of rotatable bonds is 5. The molecule has 164 valence electrons. The van der Waals surface area contributed by atoms with Crippen molar-refractivity contribution in [2.75, 3.05) is 11.9 Å². The fourth-order valence-electron chi connectivity index (χ4n) is 3.03. The van der Waals surface area contributed by atoms with E-state index in [-0.39, 0.29) is 44.9 Å². The predicted octanol–water partition coefficient (Wildman–Crippen LogP) is 1.34. The summed E-state index contributed by atoms with van der Waals surface area (Å²) in [6, 6.07) is 9.88. The van der Waals surface area contributed by atoms with Crippen LogP contribution < -0.4 is 21.1 Å². The zero-order valence-corrected chi connectivity index (χ0v) is 18.0. The second-order valence-corrected chi connectivity index (χ2v) is 9.58. The van der Waals surface area contributed by atoms with E-state index in [9.17, 15) is 22.8 Å². The standard InChI is InChI=1S/C20H16N4O6S2/c21-8-17(25)30-20-23-10-12(31-20)9-22-18(26)11-5-6-16-14(7-11)24-19(27)13-3-1-2-4-15(13)32(16,28)29/h1-7,10H,8-9,21H2,(H,22,26)(H,24,27). The summed E-state index contributed by atoms with van der Waals surface area (Å²) in [7, 11) is -3.95. The zero-order chi connectivity index (χ0) is 22.9. The van der Waals surface area contributed by atoms with Crippen LogP contribution in [0.5, 0.6) is 5.19 Å². The van der Waals surface area contributed by atoms with Crippen LogP contribution in [0.25, 0.3) is 0 Å². The number of amides is 2. The quantitative estimate of drug-likeness (QED) is 0.469. The summed E-state index contributed by atoms with van der Waals surface area (Å²) < 4.78 is 30.9. The fourth-order valence-corrected chi connectivity index (χ4v) is 5.33. The van der Waals surface area contributed by atoms with Gasteiger partial charge in [-0.05, 0) is 30.3 Å². The molecule has 2 heterocycles. The Kier molecular flexibility index (Phi) is 5.74. The summed E-state index contributed by atoms with van der Waals surface area (Å²) >= 11 is 1.07. The second kappa shape index (κ2) is 8.49. The molecule has 2 amide bonds. The first-order valence-electron chi connectivity index (χ1n) is 9.23. The van der Waals surface area contributed by atoms with Gasteiger partial charge in [0, 0.05) is 16.6 Å². The van der Waals surface area contributed by atoms with Gasteiger partial charge in [0.1, 0.15) is 0 Å². The maximum Gasteiger partial charge on any atom is 0.327 e. The third-order valence-corrected chi connectivity index (χ3v) is 7.27. The molecule has 0 aliphatic carbocycles. The number of ether oxygens (including phenoxy) is 1. The van der Waals surface area contributed by atoms with Crippen molar-refractivity contribution in [3.8, 4) is 5.19 Å². The van der Waals surface area contributed by atoms with Gasteiger partial charge >= 0.3 is 5.97 Å². The topological polar surface area (TPSA) is 158 Å². The molecule has 1 aliphatic rings. The molecule has 4 rings (SSSR count). The highest BCUT2D eigenvalue weighted by Gasteiger charge is 2.31. The number of sulfone groups is 1. The van der Waals surface area contributed by atoms with Crippen LogP contribution in [0.3, 0.4) is 0 Å². The van der Waals surface area contributed by atoms with E-state index in [1.54, 1.807) is 6.07 Å². The molecule has 0 spiro atoms. The lowest BCUT2D eigenvalue weighted by atomic mass is 10.1. The monoisotopic (exact) mass is 472 g/mol. The molecule has 0 atom stereocenters. The molecular weight excluding hydrogens is 456 g/mol. The molecule has 2 aromatic carbocycles. The molecule has 12 heteroatoms. The van der Waals surface area contributed by atoms with E-state index in [2.05, 4.69) is 15.6 Å². The summed E-state index contributed by atoms with van der Waals surface area (Å²) in [4.78, 5) is 40.7. The highest BCUT2D eigenvalue weighted by molar-refractivity contribution is 7.91. The van der Waals surface area contributed by atoms with E-state index in [0.717, 1.165) is 11.3 Å². The maximum atomic E-state index is 13.0. The second-order valence-electron chi connectivity index (χ2n) is 6.62. The first-order chi connectivity index (χ1) is 15.3. The molecule has 0 radical (unpaired) electrons. The van der Waals surface area contributed by atoms with E-state index < -0.39 is 27.6 Å². The molecule has 0 saturated carbocycles. The number of nitrogens with one attached hydrogen (secondary N) is 2. The highest BCUT2D eigenvalue weighted by atomic mass is 32.2. The number of thiazole rings is 1. The minimum Gasteiger partial charge on any atom is -0.397 e. The van der Waals surface area contributed by atoms with Gasteiger partial charge in [-0.1, -0.05) is 23.5 Å². The van der Waals surface area contributed by atoms with Crippen molar-refractivity contribution in [2.45, 2.75) is 16.3 Å². The Labute approximate surface area is 186 Å². The Morgan fingerprint density at radius 2 is 1.94 bits per heavy atom. The Hall–Kier alpha value is -3.61.